The van der Waals surface area contributed by atoms with Crippen molar-refractivity contribution in [1.29, 1.82) is 0 Å². The maximum atomic E-state index is 13.9. The standard InChI is InChI=1S/C14H20FN/c1-10(6-7-16)13-8-11-4-2-3-5-12(11)9-14(13)15/h8-10H,2-7,16H2,1H3. The molecule has 0 heterocycles. The molecular formula is C14H20FN. The third-order valence-corrected chi connectivity index (χ3v) is 3.59. The Labute approximate surface area is 96.9 Å². The van der Waals surface area contributed by atoms with E-state index < -0.39 is 0 Å². The van der Waals surface area contributed by atoms with Crippen LogP contribution in [0.3, 0.4) is 0 Å². The maximum Gasteiger partial charge on any atom is 0.126 e. The van der Waals surface area contributed by atoms with Crippen molar-refractivity contribution in [1.82, 2.24) is 0 Å². The van der Waals surface area contributed by atoms with Crippen LogP contribution in [-0.2, 0) is 12.8 Å². The Morgan fingerprint density at radius 2 is 1.88 bits per heavy atom. The molecule has 2 rings (SSSR count). The summed E-state index contributed by atoms with van der Waals surface area (Å²) in [6.45, 7) is 2.68. The minimum Gasteiger partial charge on any atom is -0.330 e. The Bertz CT molecular complexity index is 373. The number of halogens is 1. The van der Waals surface area contributed by atoms with E-state index in [2.05, 4.69) is 13.0 Å². The van der Waals surface area contributed by atoms with E-state index in [-0.39, 0.29) is 11.7 Å². The van der Waals surface area contributed by atoms with E-state index in [0.717, 1.165) is 24.8 Å². The van der Waals surface area contributed by atoms with Gasteiger partial charge in [-0.15, -0.1) is 0 Å². The molecule has 0 aromatic heterocycles. The zero-order valence-electron chi connectivity index (χ0n) is 9.93. The highest BCUT2D eigenvalue weighted by Crippen LogP contribution is 2.29. The molecule has 1 aromatic rings. The molecule has 0 radical (unpaired) electrons. The lowest BCUT2D eigenvalue weighted by atomic mass is 9.87. The molecule has 2 N–H and O–H groups in total. The number of nitrogens with two attached hydrogens (primary N) is 1. The van der Waals surface area contributed by atoms with Crippen LogP contribution in [0.25, 0.3) is 0 Å². The van der Waals surface area contributed by atoms with Gasteiger partial charge < -0.3 is 5.73 Å². The van der Waals surface area contributed by atoms with Crippen LogP contribution in [0.15, 0.2) is 12.1 Å². The van der Waals surface area contributed by atoms with Crippen LogP contribution in [0.1, 0.15) is 48.8 Å². The average molecular weight is 221 g/mol. The van der Waals surface area contributed by atoms with Gasteiger partial charge in [-0.2, -0.15) is 0 Å². The lowest BCUT2D eigenvalue weighted by Crippen LogP contribution is -2.09. The van der Waals surface area contributed by atoms with Gasteiger partial charge >= 0.3 is 0 Å². The molecule has 1 nitrogen and oxygen atoms in total. The van der Waals surface area contributed by atoms with Crippen molar-refractivity contribution in [2.45, 2.75) is 44.9 Å². The van der Waals surface area contributed by atoms with Gasteiger partial charge in [0.05, 0.1) is 0 Å². The van der Waals surface area contributed by atoms with E-state index in [1.165, 1.54) is 24.0 Å². The van der Waals surface area contributed by atoms with Crippen molar-refractivity contribution >= 4 is 0 Å². The minimum atomic E-state index is -0.0402. The van der Waals surface area contributed by atoms with E-state index >= 15 is 0 Å². The second-order valence-corrected chi connectivity index (χ2v) is 4.83. The Balaban J connectivity index is 2.31. The van der Waals surface area contributed by atoms with Gasteiger partial charge in [-0.3, -0.25) is 0 Å². The second-order valence-electron chi connectivity index (χ2n) is 4.83. The summed E-state index contributed by atoms with van der Waals surface area (Å²) in [6.07, 6.45) is 5.44. The molecule has 0 amide bonds. The first-order valence-electron chi connectivity index (χ1n) is 6.23. The number of fused-ring (bicyclic) bond motifs is 1. The Morgan fingerprint density at radius 3 is 2.50 bits per heavy atom. The molecule has 1 atom stereocenters. The normalized spacial score (nSPS) is 16.9. The zero-order valence-corrected chi connectivity index (χ0v) is 9.93. The minimum absolute atomic E-state index is 0.0402. The summed E-state index contributed by atoms with van der Waals surface area (Å²) in [5.74, 6) is 0.193. The van der Waals surface area contributed by atoms with Crippen molar-refractivity contribution in [2.75, 3.05) is 6.54 Å². The highest BCUT2D eigenvalue weighted by molar-refractivity contribution is 5.36. The van der Waals surface area contributed by atoms with Gasteiger partial charge in [0.2, 0.25) is 0 Å². The molecule has 1 unspecified atom stereocenters. The first kappa shape index (κ1) is 11.6. The summed E-state index contributed by atoms with van der Waals surface area (Å²) >= 11 is 0. The molecule has 16 heavy (non-hydrogen) atoms. The summed E-state index contributed by atoms with van der Waals surface area (Å²) in [5.41, 5.74) is 8.95. The van der Waals surface area contributed by atoms with E-state index in [9.17, 15) is 4.39 Å². The quantitative estimate of drug-likeness (QED) is 0.833. The third kappa shape index (κ3) is 2.27. The molecule has 0 fully saturated rings. The average Bonchev–Trinajstić information content (AvgIpc) is 2.28. The molecule has 0 saturated carbocycles. The van der Waals surface area contributed by atoms with E-state index in [1.807, 2.05) is 0 Å². The molecule has 0 saturated heterocycles. The molecule has 0 bridgehead atoms. The summed E-state index contributed by atoms with van der Waals surface area (Å²) in [5, 5.41) is 0. The van der Waals surface area contributed by atoms with Gasteiger partial charge in [0.15, 0.2) is 0 Å². The lowest BCUT2D eigenvalue weighted by Gasteiger charge is -2.20. The number of hydrogen-bond acceptors (Lipinski definition) is 1. The first-order chi connectivity index (χ1) is 7.72. The van der Waals surface area contributed by atoms with Gasteiger partial charge in [-0.1, -0.05) is 13.0 Å². The molecule has 1 aromatic carbocycles. The van der Waals surface area contributed by atoms with Crippen LogP contribution in [0, 0.1) is 5.82 Å². The van der Waals surface area contributed by atoms with Crippen LogP contribution in [0.5, 0.6) is 0 Å². The van der Waals surface area contributed by atoms with Crippen LogP contribution in [-0.4, -0.2) is 6.54 Å². The van der Waals surface area contributed by atoms with Crippen LogP contribution < -0.4 is 5.73 Å². The fourth-order valence-corrected chi connectivity index (χ4v) is 2.56. The van der Waals surface area contributed by atoms with Gasteiger partial charge in [0.25, 0.3) is 0 Å². The second kappa shape index (κ2) is 4.96. The SMILES string of the molecule is CC(CCN)c1cc2c(cc1F)CCCC2. The van der Waals surface area contributed by atoms with Crippen molar-refractivity contribution in [3.05, 3.63) is 34.6 Å². The van der Waals surface area contributed by atoms with E-state index in [0.29, 0.717) is 6.54 Å². The van der Waals surface area contributed by atoms with Gasteiger partial charge in [0.1, 0.15) is 5.82 Å². The summed E-state index contributed by atoms with van der Waals surface area (Å²) in [6, 6.07) is 3.82. The first-order valence-corrected chi connectivity index (χ1v) is 6.23. The smallest absolute Gasteiger partial charge is 0.126 e. The van der Waals surface area contributed by atoms with E-state index in [4.69, 9.17) is 5.73 Å². The fraction of sp³-hybridized carbons (Fsp3) is 0.571. The summed E-state index contributed by atoms with van der Waals surface area (Å²) in [4.78, 5) is 0. The molecule has 0 spiro atoms. The highest BCUT2D eigenvalue weighted by Gasteiger charge is 2.16. The number of hydrogen-bond donors (Lipinski definition) is 1. The summed E-state index contributed by atoms with van der Waals surface area (Å²) in [7, 11) is 0. The van der Waals surface area contributed by atoms with Crippen LogP contribution >= 0.6 is 0 Å². The molecule has 88 valence electrons. The predicted molar refractivity (Wildman–Crippen MR) is 65.1 cm³/mol. The van der Waals surface area contributed by atoms with Gasteiger partial charge in [0, 0.05) is 0 Å². The number of rotatable bonds is 3. The van der Waals surface area contributed by atoms with Crippen molar-refractivity contribution in [3.8, 4) is 0 Å². The predicted octanol–water partition coefficient (Wildman–Crippen LogP) is 3.16. The lowest BCUT2D eigenvalue weighted by molar-refractivity contribution is 0.567. The van der Waals surface area contributed by atoms with Crippen molar-refractivity contribution in [3.63, 3.8) is 0 Å². The Kier molecular flexibility index (Phi) is 3.59. The maximum absolute atomic E-state index is 13.9. The van der Waals surface area contributed by atoms with Crippen LogP contribution in [0.2, 0.25) is 0 Å². The van der Waals surface area contributed by atoms with Crippen molar-refractivity contribution < 1.29 is 4.39 Å². The van der Waals surface area contributed by atoms with Crippen molar-refractivity contribution in [2.24, 2.45) is 5.73 Å². The highest BCUT2D eigenvalue weighted by atomic mass is 19.1. The Morgan fingerprint density at radius 1 is 1.25 bits per heavy atom. The molecule has 0 aliphatic heterocycles. The monoisotopic (exact) mass is 221 g/mol. The number of benzene rings is 1. The third-order valence-electron chi connectivity index (χ3n) is 3.59. The zero-order chi connectivity index (χ0) is 11.5. The molecule has 2 heteroatoms. The molecule has 1 aliphatic rings. The number of aryl methyl sites for hydroxylation is 2. The summed E-state index contributed by atoms with van der Waals surface area (Å²) < 4.78 is 13.9. The fourth-order valence-electron chi connectivity index (χ4n) is 2.56. The largest absolute Gasteiger partial charge is 0.330 e. The molecular weight excluding hydrogens is 201 g/mol. The van der Waals surface area contributed by atoms with E-state index in [1.54, 1.807) is 6.07 Å². The Hall–Kier alpha value is -0.890. The van der Waals surface area contributed by atoms with Gasteiger partial charge in [-0.25, -0.2) is 4.39 Å². The van der Waals surface area contributed by atoms with Crippen LogP contribution in [0.4, 0.5) is 4.39 Å². The molecule has 1 aliphatic carbocycles. The topological polar surface area (TPSA) is 26.0 Å². The van der Waals surface area contributed by atoms with Gasteiger partial charge in [-0.05, 0) is 67.3 Å².